The van der Waals surface area contributed by atoms with Crippen LogP contribution in [0, 0.1) is 5.92 Å². The molecule has 156 valence electrons. The Labute approximate surface area is 180 Å². The number of phenols is 2. The molecule has 1 aliphatic rings. The van der Waals surface area contributed by atoms with Crippen LogP contribution in [0.25, 0.3) is 0 Å². The van der Waals surface area contributed by atoms with Crippen molar-refractivity contribution >= 4 is 27.7 Å². The number of halogens is 1. The number of likely N-dealkylation sites (tertiary alicyclic amines) is 1. The molecule has 3 rings (SSSR count). The number of pyridine rings is 1. The minimum atomic E-state index is -0.119. The number of carbonyl (C=O) groups excluding carboxylic acids is 1. The summed E-state index contributed by atoms with van der Waals surface area (Å²) in [6.45, 7) is 8.29. The van der Waals surface area contributed by atoms with Crippen LogP contribution in [0.2, 0.25) is 0 Å². The summed E-state index contributed by atoms with van der Waals surface area (Å²) in [6, 6.07) is 7.21. The van der Waals surface area contributed by atoms with Gasteiger partial charge in [-0.15, -0.1) is 0 Å². The van der Waals surface area contributed by atoms with Gasteiger partial charge in [-0.05, 0) is 71.0 Å². The second kappa shape index (κ2) is 8.71. The Kier molecular flexibility index (Phi) is 6.49. The highest BCUT2D eigenvalue weighted by Gasteiger charge is 2.26. The first-order valence-corrected chi connectivity index (χ1v) is 10.6. The van der Waals surface area contributed by atoms with Crippen LogP contribution in [-0.4, -0.2) is 39.1 Å². The van der Waals surface area contributed by atoms with E-state index in [1.54, 1.807) is 18.3 Å². The van der Waals surface area contributed by atoms with Gasteiger partial charge in [-0.25, -0.2) is 4.98 Å². The van der Waals surface area contributed by atoms with Gasteiger partial charge < -0.3 is 15.5 Å². The summed E-state index contributed by atoms with van der Waals surface area (Å²) < 4.78 is 0.869. The Morgan fingerprint density at radius 2 is 1.93 bits per heavy atom. The molecule has 0 aliphatic carbocycles. The number of nitrogens with zero attached hydrogens (tertiary/aromatic N) is 2. The van der Waals surface area contributed by atoms with Gasteiger partial charge in [-0.3, -0.25) is 9.69 Å². The smallest absolute Gasteiger partial charge is 0.228 e. The second-order valence-corrected chi connectivity index (χ2v) is 9.57. The molecule has 1 amide bonds. The first-order valence-electron chi connectivity index (χ1n) is 9.83. The third-order valence-corrected chi connectivity index (χ3v) is 5.83. The molecule has 3 N–H and O–H groups in total. The summed E-state index contributed by atoms with van der Waals surface area (Å²) >= 11 is 3.33. The lowest BCUT2D eigenvalue weighted by Crippen LogP contribution is -2.37. The lowest BCUT2D eigenvalue weighted by Gasteiger charge is -2.32. The highest BCUT2D eigenvalue weighted by atomic mass is 79.9. The number of rotatable bonds is 4. The van der Waals surface area contributed by atoms with E-state index >= 15 is 0 Å². The lowest BCUT2D eigenvalue weighted by molar-refractivity contribution is -0.121. The first kappa shape index (κ1) is 21.6. The quantitative estimate of drug-likeness (QED) is 0.587. The van der Waals surface area contributed by atoms with Crippen LogP contribution in [-0.2, 0) is 16.8 Å². The van der Waals surface area contributed by atoms with Crippen molar-refractivity contribution in [1.29, 1.82) is 0 Å². The van der Waals surface area contributed by atoms with Crippen LogP contribution in [0.15, 0.2) is 34.9 Å². The third-order valence-electron chi connectivity index (χ3n) is 5.37. The fourth-order valence-electron chi connectivity index (χ4n) is 3.50. The van der Waals surface area contributed by atoms with E-state index in [1.165, 1.54) is 0 Å². The Morgan fingerprint density at radius 1 is 1.24 bits per heavy atom. The predicted molar refractivity (Wildman–Crippen MR) is 117 cm³/mol. The molecule has 7 heteroatoms. The van der Waals surface area contributed by atoms with Gasteiger partial charge in [0.15, 0.2) is 11.5 Å². The number of aromatic nitrogens is 1. The number of carbonyl (C=O) groups is 1. The number of hydrogen-bond donors (Lipinski definition) is 3. The van der Waals surface area contributed by atoms with Crippen LogP contribution in [0.1, 0.15) is 44.7 Å². The molecule has 1 aliphatic heterocycles. The standard InChI is InChI=1S/C22H28BrN3O3/c1-22(2,3)16-10-15(20(28)18(27)11-16)13-26-8-6-14(7-9-26)21(29)25-19-5-4-17(23)12-24-19/h4-5,10-12,14,27-28H,6-9,13H2,1-3H3,(H,24,25,29). The summed E-state index contributed by atoms with van der Waals surface area (Å²) in [5.41, 5.74) is 1.59. The van der Waals surface area contributed by atoms with Crippen LogP contribution in [0.4, 0.5) is 5.82 Å². The van der Waals surface area contributed by atoms with Gasteiger partial charge in [-0.1, -0.05) is 26.8 Å². The van der Waals surface area contributed by atoms with Crippen LogP contribution < -0.4 is 5.32 Å². The SMILES string of the molecule is CC(C)(C)c1cc(O)c(O)c(CN2CCC(C(=O)Nc3ccc(Br)cn3)CC2)c1. The largest absolute Gasteiger partial charge is 0.504 e. The van der Waals surface area contributed by atoms with Crippen molar-refractivity contribution in [1.82, 2.24) is 9.88 Å². The maximum Gasteiger partial charge on any atom is 0.228 e. The monoisotopic (exact) mass is 461 g/mol. The number of hydrogen-bond acceptors (Lipinski definition) is 5. The van der Waals surface area contributed by atoms with Gasteiger partial charge >= 0.3 is 0 Å². The zero-order valence-electron chi connectivity index (χ0n) is 17.1. The number of benzene rings is 1. The number of anilines is 1. The zero-order chi connectivity index (χ0) is 21.2. The summed E-state index contributed by atoms with van der Waals surface area (Å²) in [5.74, 6) is 0.359. The topological polar surface area (TPSA) is 85.7 Å². The molecule has 1 fully saturated rings. The number of amides is 1. The average molecular weight is 462 g/mol. The summed E-state index contributed by atoms with van der Waals surface area (Å²) in [7, 11) is 0. The Bertz CT molecular complexity index is 870. The van der Waals surface area contributed by atoms with Gasteiger partial charge in [0.2, 0.25) is 5.91 Å². The van der Waals surface area contributed by atoms with Crippen molar-refractivity contribution in [2.24, 2.45) is 5.92 Å². The molecule has 0 saturated carbocycles. The van der Waals surface area contributed by atoms with E-state index in [0.29, 0.717) is 12.4 Å². The summed E-state index contributed by atoms with van der Waals surface area (Å²) in [5, 5.41) is 23.3. The summed E-state index contributed by atoms with van der Waals surface area (Å²) in [4.78, 5) is 18.9. The van der Waals surface area contributed by atoms with Crippen LogP contribution >= 0.6 is 15.9 Å². The molecule has 1 aromatic heterocycles. The number of nitrogens with one attached hydrogen (secondary N) is 1. The Morgan fingerprint density at radius 3 is 2.52 bits per heavy atom. The Hall–Kier alpha value is -2.12. The minimum absolute atomic E-state index is 0.00491. The second-order valence-electron chi connectivity index (χ2n) is 8.65. The third kappa shape index (κ3) is 5.48. The van der Waals surface area contributed by atoms with E-state index in [2.05, 4.69) is 51.9 Å². The molecule has 0 spiro atoms. The van der Waals surface area contributed by atoms with Gasteiger partial charge in [0.1, 0.15) is 5.82 Å². The van der Waals surface area contributed by atoms with E-state index in [4.69, 9.17) is 0 Å². The maximum absolute atomic E-state index is 12.5. The average Bonchev–Trinajstić information content (AvgIpc) is 2.67. The van der Waals surface area contributed by atoms with Crippen molar-refractivity contribution in [2.75, 3.05) is 18.4 Å². The molecule has 1 saturated heterocycles. The first-order chi connectivity index (χ1) is 13.6. The molecule has 29 heavy (non-hydrogen) atoms. The molecule has 0 atom stereocenters. The Balaban J connectivity index is 1.59. The fraction of sp³-hybridized carbons (Fsp3) is 0.455. The molecule has 0 radical (unpaired) electrons. The molecule has 2 heterocycles. The number of phenolic OH excluding ortho intramolecular Hbond substituents is 2. The fourth-order valence-corrected chi connectivity index (χ4v) is 3.74. The van der Waals surface area contributed by atoms with E-state index in [1.807, 2.05) is 12.1 Å². The van der Waals surface area contributed by atoms with Crippen molar-refractivity contribution in [3.05, 3.63) is 46.1 Å². The van der Waals surface area contributed by atoms with Crippen molar-refractivity contribution < 1.29 is 15.0 Å². The van der Waals surface area contributed by atoms with Crippen LogP contribution in [0.3, 0.4) is 0 Å². The highest BCUT2D eigenvalue weighted by Crippen LogP contribution is 2.36. The van der Waals surface area contributed by atoms with E-state index in [9.17, 15) is 15.0 Å². The molecular formula is C22H28BrN3O3. The molecule has 1 aromatic carbocycles. The van der Waals surface area contributed by atoms with E-state index in [-0.39, 0.29) is 28.7 Å². The van der Waals surface area contributed by atoms with Crippen molar-refractivity contribution in [3.8, 4) is 11.5 Å². The number of piperidine rings is 1. The molecular weight excluding hydrogens is 434 g/mol. The van der Waals surface area contributed by atoms with Crippen molar-refractivity contribution in [2.45, 2.75) is 45.6 Å². The van der Waals surface area contributed by atoms with E-state index < -0.39 is 0 Å². The van der Waals surface area contributed by atoms with E-state index in [0.717, 1.165) is 41.5 Å². The van der Waals surface area contributed by atoms with Gasteiger partial charge in [-0.2, -0.15) is 0 Å². The highest BCUT2D eigenvalue weighted by molar-refractivity contribution is 9.10. The van der Waals surface area contributed by atoms with Gasteiger partial charge in [0, 0.05) is 28.7 Å². The van der Waals surface area contributed by atoms with Gasteiger partial charge in [0.25, 0.3) is 0 Å². The summed E-state index contributed by atoms with van der Waals surface area (Å²) in [6.07, 6.45) is 3.15. The van der Waals surface area contributed by atoms with Crippen LogP contribution in [0.5, 0.6) is 11.5 Å². The molecule has 0 bridgehead atoms. The molecule has 6 nitrogen and oxygen atoms in total. The molecule has 2 aromatic rings. The zero-order valence-corrected chi connectivity index (χ0v) is 18.7. The predicted octanol–water partition coefficient (Wildman–Crippen LogP) is 4.40. The normalized spacial score (nSPS) is 16.0. The maximum atomic E-state index is 12.5. The lowest BCUT2D eigenvalue weighted by atomic mass is 9.85. The molecule has 0 unspecified atom stereocenters. The minimum Gasteiger partial charge on any atom is -0.504 e. The van der Waals surface area contributed by atoms with Crippen molar-refractivity contribution in [3.63, 3.8) is 0 Å². The number of aromatic hydroxyl groups is 2. The van der Waals surface area contributed by atoms with Gasteiger partial charge in [0.05, 0.1) is 0 Å².